The first-order chi connectivity index (χ1) is 9.00. The summed E-state index contributed by atoms with van der Waals surface area (Å²) < 4.78 is 26.7. The second-order valence-corrected chi connectivity index (χ2v) is 3.98. The summed E-state index contributed by atoms with van der Waals surface area (Å²) >= 11 is 0. The normalized spacial score (nSPS) is 10.3. The predicted molar refractivity (Wildman–Crippen MR) is 67.2 cm³/mol. The number of halogens is 2. The highest BCUT2D eigenvalue weighted by atomic mass is 19.1. The van der Waals surface area contributed by atoms with E-state index >= 15 is 0 Å². The number of rotatable bonds is 2. The standard InChI is InChI=1S/C14H11F2NO2/c1-17(12-5-3-2-4-11(12)16)14(19)10-8-9(15)6-7-13(10)18/h2-8,18H,1H3. The van der Waals surface area contributed by atoms with Crippen LogP contribution in [0.4, 0.5) is 14.5 Å². The van der Waals surface area contributed by atoms with Crippen LogP contribution in [0.2, 0.25) is 0 Å². The maximum atomic E-state index is 13.6. The molecule has 0 aliphatic carbocycles. The molecule has 5 heteroatoms. The summed E-state index contributed by atoms with van der Waals surface area (Å²) in [6.45, 7) is 0. The molecule has 2 aromatic carbocycles. The fourth-order valence-corrected chi connectivity index (χ4v) is 1.69. The van der Waals surface area contributed by atoms with Gasteiger partial charge in [0.1, 0.15) is 17.4 Å². The number of nitrogens with zero attached hydrogens (tertiary/aromatic N) is 1. The molecule has 0 saturated carbocycles. The first kappa shape index (κ1) is 13.0. The van der Waals surface area contributed by atoms with Crippen molar-refractivity contribution in [3.63, 3.8) is 0 Å². The second-order valence-electron chi connectivity index (χ2n) is 3.98. The van der Waals surface area contributed by atoms with Crippen LogP contribution in [0.1, 0.15) is 10.4 Å². The molecule has 19 heavy (non-hydrogen) atoms. The fourth-order valence-electron chi connectivity index (χ4n) is 1.69. The zero-order valence-corrected chi connectivity index (χ0v) is 10.1. The molecule has 2 aromatic rings. The van der Waals surface area contributed by atoms with E-state index in [-0.39, 0.29) is 17.0 Å². The molecule has 0 spiro atoms. The largest absolute Gasteiger partial charge is 0.507 e. The van der Waals surface area contributed by atoms with Crippen LogP contribution in [0.15, 0.2) is 42.5 Å². The summed E-state index contributed by atoms with van der Waals surface area (Å²) in [4.78, 5) is 13.1. The summed E-state index contributed by atoms with van der Waals surface area (Å²) in [5.41, 5.74) is -0.165. The number of carbonyl (C=O) groups excluding carboxylic acids is 1. The SMILES string of the molecule is CN(C(=O)c1cc(F)ccc1O)c1ccccc1F. The number of hydrogen-bond acceptors (Lipinski definition) is 2. The number of para-hydroxylation sites is 1. The van der Waals surface area contributed by atoms with Gasteiger partial charge in [0, 0.05) is 7.05 Å². The lowest BCUT2D eigenvalue weighted by molar-refractivity contribution is 0.0989. The van der Waals surface area contributed by atoms with Gasteiger partial charge in [-0.05, 0) is 30.3 Å². The molecule has 0 saturated heterocycles. The Morgan fingerprint density at radius 1 is 1.16 bits per heavy atom. The van der Waals surface area contributed by atoms with Crippen molar-refractivity contribution in [1.82, 2.24) is 0 Å². The quantitative estimate of drug-likeness (QED) is 0.905. The van der Waals surface area contributed by atoms with Gasteiger partial charge >= 0.3 is 0 Å². The molecule has 0 radical (unpaired) electrons. The van der Waals surface area contributed by atoms with Crippen LogP contribution in [0.3, 0.4) is 0 Å². The van der Waals surface area contributed by atoms with Gasteiger partial charge in [0.2, 0.25) is 0 Å². The molecule has 0 unspecified atom stereocenters. The van der Waals surface area contributed by atoms with Crippen LogP contribution >= 0.6 is 0 Å². The van der Waals surface area contributed by atoms with Crippen LogP contribution in [0.5, 0.6) is 5.75 Å². The van der Waals surface area contributed by atoms with Crippen LogP contribution in [0.25, 0.3) is 0 Å². The minimum absolute atomic E-state index is 0.0520. The van der Waals surface area contributed by atoms with Crippen LogP contribution in [-0.2, 0) is 0 Å². The van der Waals surface area contributed by atoms with E-state index in [0.717, 1.165) is 23.1 Å². The van der Waals surface area contributed by atoms with Gasteiger partial charge in [-0.2, -0.15) is 0 Å². The van der Waals surface area contributed by atoms with Crippen molar-refractivity contribution in [1.29, 1.82) is 0 Å². The van der Waals surface area contributed by atoms with Gasteiger partial charge < -0.3 is 10.0 Å². The lowest BCUT2D eigenvalue weighted by atomic mass is 10.1. The third-order valence-corrected chi connectivity index (χ3v) is 2.71. The first-order valence-corrected chi connectivity index (χ1v) is 5.52. The van der Waals surface area contributed by atoms with E-state index in [1.165, 1.54) is 25.2 Å². The Morgan fingerprint density at radius 2 is 1.84 bits per heavy atom. The molecule has 0 fully saturated rings. The van der Waals surface area contributed by atoms with E-state index in [1.54, 1.807) is 6.07 Å². The number of hydrogen-bond donors (Lipinski definition) is 1. The maximum Gasteiger partial charge on any atom is 0.261 e. The molecule has 0 aliphatic rings. The number of aromatic hydroxyl groups is 1. The summed E-state index contributed by atoms with van der Waals surface area (Å²) in [5.74, 6) is -2.27. The van der Waals surface area contributed by atoms with E-state index < -0.39 is 17.5 Å². The third-order valence-electron chi connectivity index (χ3n) is 2.71. The lowest BCUT2D eigenvalue weighted by Crippen LogP contribution is -2.27. The van der Waals surface area contributed by atoms with Crippen molar-refractivity contribution in [2.45, 2.75) is 0 Å². The minimum atomic E-state index is -0.692. The first-order valence-electron chi connectivity index (χ1n) is 5.52. The molecule has 98 valence electrons. The fraction of sp³-hybridized carbons (Fsp3) is 0.0714. The smallest absolute Gasteiger partial charge is 0.261 e. The van der Waals surface area contributed by atoms with Gasteiger partial charge in [0.05, 0.1) is 11.3 Å². The Hall–Kier alpha value is -2.43. The highest BCUT2D eigenvalue weighted by molar-refractivity contribution is 6.07. The molecule has 0 atom stereocenters. The molecule has 1 N–H and O–H groups in total. The van der Waals surface area contributed by atoms with Gasteiger partial charge in [-0.3, -0.25) is 4.79 Å². The highest BCUT2D eigenvalue weighted by Gasteiger charge is 2.19. The molecule has 1 amide bonds. The number of amides is 1. The van der Waals surface area contributed by atoms with Crippen molar-refractivity contribution in [3.05, 3.63) is 59.7 Å². The van der Waals surface area contributed by atoms with Crippen molar-refractivity contribution in [2.24, 2.45) is 0 Å². The number of anilines is 1. The average Bonchev–Trinajstić information content (AvgIpc) is 2.40. The Labute approximate surface area is 108 Å². The average molecular weight is 263 g/mol. The van der Waals surface area contributed by atoms with Gasteiger partial charge in [-0.1, -0.05) is 12.1 Å². The van der Waals surface area contributed by atoms with Gasteiger partial charge in [0.15, 0.2) is 0 Å². The van der Waals surface area contributed by atoms with Gasteiger partial charge in [-0.15, -0.1) is 0 Å². The minimum Gasteiger partial charge on any atom is -0.507 e. The number of carbonyl (C=O) groups is 1. The molecule has 0 aliphatic heterocycles. The van der Waals surface area contributed by atoms with Crippen molar-refractivity contribution in [3.8, 4) is 5.75 Å². The van der Waals surface area contributed by atoms with Crippen molar-refractivity contribution in [2.75, 3.05) is 11.9 Å². The van der Waals surface area contributed by atoms with Gasteiger partial charge in [0.25, 0.3) is 5.91 Å². The summed E-state index contributed by atoms with van der Waals surface area (Å²) in [7, 11) is 1.35. The van der Waals surface area contributed by atoms with Crippen LogP contribution in [0, 0.1) is 11.6 Å². The van der Waals surface area contributed by atoms with E-state index in [1.807, 2.05) is 0 Å². The van der Waals surface area contributed by atoms with E-state index in [9.17, 15) is 18.7 Å². The van der Waals surface area contributed by atoms with E-state index in [2.05, 4.69) is 0 Å². The summed E-state index contributed by atoms with van der Waals surface area (Å²) in [6.07, 6.45) is 0. The molecular formula is C14H11F2NO2. The van der Waals surface area contributed by atoms with Crippen molar-refractivity contribution >= 4 is 11.6 Å². The van der Waals surface area contributed by atoms with Crippen LogP contribution < -0.4 is 4.90 Å². The Kier molecular flexibility index (Phi) is 3.46. The van der Waals surface area contributed by atoms with E-state index in [0.29, 0.717) is 0 Å². The highest BCUT2D eigenvalue weighted by Crippen LogP contribution is 2.24. The molecule has 0 bridgehead atoms. The molecule has 3 nitrogen and oxygen atoms in total. The maximum absolute atomic E-state index is 13.6. The molecule has 0 heterocycles. The molecule has 0 aromatic heterocycles. The zero-order valence-electron chi connectivity index (χ0n) is 10.1. The number of phenols is 1. The molecular weight excluding hydrogens is 252 g/mol. The topological polar surface area (TPSA) is 40.5 Å². The summed E-state index contributed by atoms with van der Waals surface area (Å²) in [5, 5.41) is 9.56. The second kappa shape index (κ2) is 5.06. The Balaban J connectivity index is 2.39. The number of benzene rings is 2. The molecule has 2 rings (SSSR count). The van der Waals surface area contributed by atoms with E-state index in [4.69, 9.17) is 0 Å². The Bertz CT molecular complexity index is 629. The predicted octanol–water partition coefficient (Wildman–Crippen LogP) is 2.95. The Morgan fingerprint density at radius 3 is 2.53 bits per heavy atom. The van der Waals surface area contributed by atoms with Crippen LogP contribution in [-0.4, -0.2) is 18.1 Å². The lowest BCUT2D eigenvalue weighted by Gasteiger charge is -2.18. The van der Waals surface area contributed by atoms with Gasteiger partial charge in [-0.25, -0.2) is 8.78 Å². The monoisotopic (exact) mass is 263 g/mol. The summed E-state index contributed by atoms with van der Waals surface area (Å²) in [6, 6.07) is 8.74. The number of phenolic OH excluding ortho intramolecular Hbond substituents is 1. The zero-order chi connectivity index (χ0) is 14.0. The van der Waals surface area contributed by atoms with Crippen molar-refractivity contribution < 1.29 is 18.7 Å². The third kappa shape index (κ3) is 2.54.